The van der Waals surface area contributed by atoms with E-state index in [-0.39, 0.29) is 6.04 Å². The molecule has 0 aromatic heterocycles. The molecule has 1 aromatic rings. The highest BCUT2D eigenvalue weighted by molar-refractivity contribution is 7.89. The largest absolute Gasteiger partial charge is 0.313 e. The van der Waals surface area contributed by atoms with Crippen LogP contribution in [0.25, 0.3) is 0 Å². The number of aryl methyl sites for hydroxylation is 2. The van der Waals surface area contributed by atoms with Crippen molar-refractivity contribution in [3.05, 3.63) is 29.3 Å². The van der Waals surface area contributed by atoms with Crippen LogP contribution in [0.4, 0.5) is 0 Å². The molecule has 4 nitrogen and oxygen atoms in total. The average molecular weight is 310 g/mol. The van der Waals surface area contributed by atoms with Gasteiger partial charge in [-0.05, 0) is 56.5 Å². The molecule has 1 aliphatic heterocycles. The first-order valence-corrected chi connectivity index (χ1v) is 9.20. The zero-order chi connectivity index (χ0) is 15.5. The van der Waals surface area contributed by atoms with Gasteiger partial charge in [0.25, 0.3) is 0 Å². The molecule has 0 amide bonds. The number of hydrogen-bond donors (Lipinski definition) is 1. The third kappa shape index (κ3) is 3.84. The van der Waals surface area contributed by atoms with Crippen LogP contribution in [-0.2, 0) is 10.0 Å². The third-order valence-electron chi connectivity index (χ3n) is 4.31. The van der Waals surface area contributed by atoms with E-state index < -0.39 is 10.0 Å². The Hall–Kier alpha value is -0.910. The molecule has 0 aliphatic carbocycles. The summed E-state index contributed by atoms with van der Waals surface area (Å²) in [6.45, 7) is 7.91. The highest BCUT2D eigenvalue weighted by atomic mass is 32.2. The number of likely N-dealkylation sites (N-methyl/N-ethyl adjacent to an activating group) is 1. The summed E-state index contributed by atoms with van der Waals surface area (Å²) in [5.74, 6) is 0. The fourth-order valence-electron chi connectivity index (χ4n) is 2.75. The molecule has 2 rings (SSSR count). The summed E-state index contributed by atoms with van der Waals surface area (Å²) >= 11 is 0. The van der Waals surface area contributed by atoms with Gasteiger partial charge in [-0.2, -0.15) is 4.31 Å². The van der Waals surface area contributed by atoms with E-state index in [4.69, 9.17) is 0 Å². The maximum atomic E-state index is 12.8. The number of nitrogens with zero attached hydrogens (tertiary/aromatic N) is 1. The van der Waals surface area contributed by atoms with Crippen LogP contribution in [0, 0.1) is 13.8 Å². The molecule has 0 saturated carbocycles. The highest BCUT2D eigenvalue weighted by Gasteiger charge is 2.26. The maximum Gasteiger partial charge on any atom is 0.243 e. The number of sulfonamides is 1. The number of nitrogens with one attached hydrogen (secondary N) is 1. The van der Waals surface area contributed by atoms with Crippen LogP contribution in [0.2, 0.25) is 0 Å². The summed E-state index contributed by atoms with van der Waals surface area (Å²) in [5, 5.41) is 3.42. The van der Waals surface area contributed by atoms with E-state index in [2.05, 4.69) is 5.32 Å². The third-order valence-corrected chi connectivity index (χ3v) is 6.24. The minimum absolute atomic E-state index is 0.278. The second kappa shape index (κ2) is 6.90. The number of hydrogen-bond acceptors (Lipinski definition) is 3. The Balaban J connectivity index is 2.19. The smallest absolute Gasteiger partial charge is 0.243 e. The van der Waals surface area contributed by atoms with Crippen LogP contribution in [0.15, 0.2) is 23.1 Å². The molecule has 1 N–H and O–H groups in total. The second-order valence-corrected chi connectivity index (χ2v) is 7.79. The molecule has 1 unspecified atom stereocenters. The predicted octanol–water partition coefficient (Wildman–Crippen LogP) is 2.46. The van der Waals surface area contributed by atoms with Crippen molar-refractivity contribution in [2.75, 3.05) is 19.6 Å². The number of benzene rings is 1. The van der Waals surface area contributed by atoms with Crippen molar-refractivity contribution in [2.45, 2.75) is 51.0 Å². The van der Waals surface area contributed by atoms with Crippen LogP contribution in [-0.4, -0.2) is 38.4 Å². The van der Waals surface area contributed by atoms with Crippen LogP contribution in [0.5, 0.6) is 0 Å². The van der Waals surface area contributed by atoms with Gasteiger partial charge in [0.2, 0.25) is 10.0 Å². The van der Waals surface area contributed by atoms with Gasteiger partial charge in [-0.25, -0.2) is 8.42 Å². The van der Waals surface area contributed by atoms with Crippen molar-refractivity contribution < 1.29 is 8.42 Å². The van der Waals surface area contributed by atoms with E-state index in [1.54, 1.807) is 16.4 Å². The molecule has 0 radical (unpaired) electrons. The molecular formula is C16H26N2O2S. The Morgan fingerprint density at radius 3 is 2.57 bits per heavy atom. The Morgan fingerprint density at radius 2 is 2.00 bits per heavy atom. The van der Waals surface area contributed by atoms with Crippen molar-refractivity contribution in [3.63, 3.8) is 0 Å². The first-order chi connectivity index (χ1) is 9.95. The lowest BCUT2D eigenvalue weighted by Crippen LogP contribution is -2.45. The van der Waals surface area contributed by atoms with Gasteiger partial charge >= 0.3 is 0 Å². The van der Waals surface area contributed by atoms with Crippen molar-refractivity contribution in [1.82, 2.24) is 9.62 Å². The van der Waals surface area contributed by atoms with Crippen molar-refractivity contribution in [2.24, 2.45) is 0 Å². The molecule has 5 heteroatoms. The lowest BCUT2D eigenvalue weighted by atomic mass is 10.1. The minimum atomic E-state index is -3.40. The topological polar surface area (TPSA) is 49.4 Å². The van der Waals surface area contributed by atoms with E-state index in [0.717, 1.165) is 24.1 Å². The molecular weight excluding hydrogens is 284 g/mol. The average Bonchev–Trinajstić information content (AvgIpc) is 2.48. The van der Waals surface area contributed by atoms with Gasteiger partial charge in [-0.3, -0.25) is 0 Å². The molecule has 1 fully saturated rings. The lowest BCUT2D eigenvalue weighted by molar-refractivity contribution is 0.319. The molecule has 1 aliphatic rings. The monoisotopic (exact) mass is 310 g/mol. The minimum Gasteiger partial charge on any atom is -0.313 e. The summed E-state index contributed by atoms with van der Waals surface area (Å²) in [6, 6.07) is 5.66. The number of rotatable bonds is 5. The van der Waals surface area contributed by atoms with Crippen molar-refractivity contribution in [1.29, 1.82) is 0 Å². The highest BCUT2D eigenvalue weighted by Crippen LogP contribution is 2.20. The quantitative estimate of drug-likeness (QED) is 0.909. The van der Waals surface area contributed by atoms with Gasteiger partial charge < -0.3 is 5.32 Å². The Morgan fingerprint density at radius 1 is 1.24 bits per heavy atom. The Labute approximate surface area is 128 Å². The second-order valence-electron chi connectivity index (χ2n) is 5.85. The van der Waals surface area contributed by atoms with Gasteiger partial charge in [0.05, 0.1) is 4.90 Å². The Kier molecular flexibility index (Phi) is 5.41. The molecule has 0 bridgehead atoms. The van der Waals surface area contributed by atoms with Crippen LogP contribution < -0.4 is 5.32 Å². The first kappa shape index (κ1) is 16.5. The van der Waals surface area contributed by atoms with Gasteiger partial charge in [0, 0.05) is 19.1 Å². The van der Waals surface area contributed by atoms with Crippen molar-refractivity contribution in [3.8, 4) is 0 Å². The zero-order valence-corrected chi connectivity index (χ0v) is 14.0. The van der Waals surface area contributed by atoms with Crippen LogP contribution in [0.1, 0.15) is 37.3 Å². The molecule has 1 saturated heterocycles. The van der Waals surface area contributed by atoms with Crippen LogP contribution in [0.3, 0.4) is 0 Å². The van der Waals surface area contributed by atoms with E-state index in [9.17, 15) is 8.42 Å². The maximum absolute atomic E-state index is 12.8. The fraction of sp³-hybridized carbons (Fsp3) is 0.625. The van der Waals surface area contributed by atoms with Crippen molar-refractivity contribution >= 4 is 10.0 Å². The van der Waals surface area contributed by atoms with Crippen LogP contribution >= 0.6 is 0 Å². The summed E-state index contributed by atoms with van der Waals surface area (Å²) in [6.07, 6.45) is 3.42. The first-order valence-electron chi connectivity index (χ1n) is 7.76. The fourth-order valence-corrected chi connectivity index (χ4v) is 4.33. The van der Waals surface area contributed by atoms with E-state index in [1.807, 2.05) is 26.8 Å². The predicted molar refractivity (Wildman–Crippen MR) is 86.0 cm³/mol. The summed E-state index contributed by atoms with van der Waals surface area (Å²) in [5.41, 5.74) is 2.13. The summed E-state index contributed by atoms with van der Waals surface area (Å²) in [4.78, 5) is 0.406. The standard InChI is InChI=1S/C16H26N2O2S/c1-4-18(12-15-7-5-6-10-17-15)21(19,20)16-9-8-13(2)14(3)11-16/h8-9,11,15,17H,4-7,10,12H2,1-3H3. The normalized spacial score (nSPS) is 19.9. The summed E-state index contributed by atoms with van der Waals surface area (Å²) in [7, 11) is -3.40. The van der Waals surface area contributed by atoms with Gasteiger partial charge in [-0.1, -0.05) is 19.4 Å². The zero-order valence-electron chi connectivity index (χ0n) is 13.2. The van der Waals surface area contributed by atoms with E-state index in [0.29, 0.717) is 18.0 Å². The SMILES string of the molecule is CCN(CC1CCCCN1)S(=O)(=O)c1ccc(C)c(C)c1. The molecule has 1 aromatic carbocycles. The lowest BCUT2D eigenvalue weighted by Gasteiger charge is -2.29. The molecule has 1 heterocycles. The van der Waals surface area contributed by atoms with Gasteiger partial charge in [-0.15, -0.1) is 0 Å². The molecule has 1 atom stereocenters. The molecule has 21 heavy (non-hydrogen) atoms. The Bertz CT molecular complexity index is 578. The van der Waals surface area contributed by atoms with Gasteiger partial charge in [0.1, 0.15) is 0 Å². The number of piperidine rings is 1. The van der Waals surface area contributed by atoms with Gasteiger partial charge in [0.15, 0.2) is 0 Å². The van der Waals surface area contributed by atoms with E-state index >= 15 is 0 Å². The summed E-state index contributed by atoms with van der Waals surface area (Å²) < 4.78 is 27.2. The molecule has 0 spiro atoms. The molecule has 118 valence electrons. The van der Waals surface area contributed by atoms with E-state index in [1.165, 1.54) is 12.8 Å².